The Morgan fingerprint density at radius 1 is 1.21 bits per heavy atom. The third-order valence-electron chi connectivity index (χ3n) is 4.31. The molecule has 2 aromatic rings. The normalized spacial score (nSPS) is 14.5. The fourth-order valence-corrected chi connectivity index (χ4v) is 3.14. The second-order valence-electron chi connectivity index (χ2n) is 6.38. The lowest BCUT2D eigenvalue weighted by molar-refractivity contribution is 0.0322. The van der Waals surface area contributed by atoms with Gasteiger partial charge in [0.05, 0.1) is 18.9 Å². The summed E-state index contributed by atoms with van der Waals surface area (Å²) in [7, 11) is 0. The number of anilines is 1. The molecule has 0 bridgehead atoms. The molecule has 6 nitrogen and oxygen atoms in total. The lowest BCUT2D eigenvalue weighted by atomic mass is 10.2. The smallest absolute Gasteiger partial charge is 0.319 e. The van der Waals surface area contributed by atoms with Crippen molar-refractivity contribution in [1.29, 1.82) is 0 Å². The molecular weight excluding hydrogens is 429 g/mol. The second-order valence-corrected chi connectivity index (χ2v) is 7.30. The first-order chi connectivity index (χ1) is 13.6. The molecule has 0 aliphatic carbocycles. The summed E-state index contributed by atoms with van der Waals surface area (Å²) in [5.74, 6) is 0.257. The standard InChI is InChI=1S/C20H23BrFN3O3/c21-16-4-5-19(18(22)13-16)24-20(26)23-14-15-2-1-3-17(12-15)28-11-8-25-6-9-27-10-7-25/h1-5,12-13H,6-11,14H2,(H2,23,24,26). The number of nitrogens with zero attached hydrogens (tertiary/aromatic N) is 1. The third kappa shape index (κ3) is 6.47. The van der Waals surface area contributed by atoms with Crippen LogP contribution in [0.15, 0.2) is 46.9 Å². The van der Waals surface area contributed by atoms with Gasteiger partial charge < -0.3 is 20.1 Å². The molecule has 1 aliphatic rings. The van der Waals surface area contributed by atoms with Crippen LogP contribution in [0.1, 0.15) is 5.56 Å². The highest BCUT2D eigenvalue weighted by Crippen LogP contribution is 2.19. The van der Waals surface area contributed by atoms with Crippen LogP contribution in [-0.4, -0.2) is 50.4 Å². The van der Waals surface area contributed by atoms with E-state index < -0.39 is 11.8 Å². The number of ether oxygens (including phenoxy) is 2. The molecule has 0 saturated carbocycles. The van der Waals surface area contributed by atoms with Crippen molar-refractivity contribution in [3.63, 3.8) is 0 Å². The Kier molecular flexibility index (Phi) is 7.64. The van der Waals surface area contributed by atoms with Crippen LogP contribution in [0.2, 0.25) is 0 Å². The molecule has 150 valence electrons. The van der Waals surface area contributed by atoms with Crippen LogP contribution in [0.5, 0.6) is 5.75 Å². The first-order valence-electron chi connectivity index (χ1n) is 9.12. The van der Waals surface area contributed by atoms with Crippen LogP contribution < -0.4 is 15.4 Å². The number of carbonyl (C=O) groups excluding carboxylic acids is 1. The quantitative estimate of drug-likeness (QED) is 0.674. The number of hydrogen-bond acceptors (Lipinski definition) is 4. The van der Waals surface area contributed by atoms with Crippen LogP contribution in [0.25, 0.3) is 0 Å². The summed E-state index contributed by atoms with van der Waals surface area (Å²) in [6.45, 7) is 5.17. The number of halogens is 2. The Labute approximate surface area is 172 Å². The second kappa shape index (κ2) is 10.4. The Hall–Kier alpha value is -2.16. The van der Waals surface area contributed by atoms with Crippen molar-refractivity contribution < 1.29 is 18.7 Å². The van der Waals surface area contributed by atoms with Crippen molar-refractivity contribution in [2.75, 3.05) is 44.8 Å². The Balaban J connectivity index is 1.44. The summed E-state index contributed by atoms with van der Waals surface area (Å²) in [5, 5.41) is 5.22. The van der Waals surface area contributed by atoms with Crippen LogP contribution in [0.3, 0.4) is 0 Å². The van der Waals surface area contributed by atoms with Gasteiger partial charge in [0.2, 0.25) is 0 Å². The van der Waals surface area contributed by atoms with Gasteiger partial charge in [0.1, 0.15) is 18.2 Å². The maximum absolute atomic E-state index is 13.8. The SMILES string of the molecule is O=C(NCc1cccc(OCCN2CCOCC2)c1)Nc1ccc(Br)cc1F. The zero-order valence-electron chi connectivity index (χ0n) is 15.4. The van der Waals surface area contributed by atoms with Crippen LogP contribution in [0, 0.1) is 5.82 Å². The molecule has 0 radical (unpaired) electrons. The number of amides is 2. The molecule has 28 heavy (non-hydrogen) atoms. The zero-order chi connectivity index (χ0) is 19.8. The van der Waals surface area contributed by atoms with Crippen molar-refractivity contribution in [3.8, 4) is 5.75 Å². The largest absolute Gasteiger partial charge is 0.492 e. The molecule has 3 rings (SSSR count). The van der Waals surface area contributed by atoms with E-state index in [4.69, 9.17) is 9.47 Å². The Morgan fingerprint density at radius 3 is 2.82 bits per heavy atom. The predicted molar refractivity (Wildman–Crippen MR) is 109 cm³/mol. The summed E-state index contributed by atoms with van der Waals surface area (Å²) in [5.41, 5.74) is 1.02. The van der Waals surface area contributed by atoms with E-state index in [1.54, 1.807) is 6.07 Å². The molecular formula is C20H23BrFN3O3. The topological polar surface area (TPSA) is 62.8 Å². The number of nitrogens with one attached hydrogen (secondary N) is 2. The molecule has 2 N–H and O–H groups in total. The Bertz CT molecular complexity index is 800. The van der Waals surface area contributed by atoms with Crippen molar-refractivity contribution in [1.82, 2.24) is 10.2 Å². The fourth-order valence-electron chi connectivity index (χ4n) is 2.80. The lowest BCUT2D eigenvalue weighted by Gasteiger charge is -2.26. The zero-order valence-corrected chi connectivity index (χ0v) is 17.0. The predicted octanol–water partition coefficient (Wildman–Crippen LogP) is 3.62. The van der Waals surface area contributed by atoms with E-state index >= 15 is 0 Å². The van der Waals surface area contributed by atoms with Gasteiger partial charge in [0, 0.05) is 30.7 Å². The minimum atomic E-state index is -0.500. The number of hydrogen-bond donors (Lipinski definition) is 2. The van der Waals surface area contributed by atoms with Gasteiger partial charge in [-0.05, 0) is 35.9 Å². The molecule has 0 aromatic heterocycles. The average Bonchev–Trinajstić information content (AvgIpc) is 2.70. The molecule has 1 fully saturated rings. The lowest BCUT2D eigenvalue weighted by Crippen LogP contribution is -2.38. The molecule has 1 heterocycles. The van der Waals surface area contributed by atoms with Crippen molar-refractivity contribution >= 4 is 27.6 Å². The molecule has 2 aromatic carbocycles. The number of urea groups is 1. The van der Waals surface area contributed by atoms with Gasteiger partial charge in [-0.2, -0.15) is 0 Å². The van der Waals surface area contributed by atoms with E-state index in [-0.39, 0.29) is 5.69 Å². The van der Waals surface area contributed by atoms with E-state index in [1.165, 1.54) is 12.1 Å². The van der Waals surface area contributed by atoms with Gasteiger partial charge in [0.15, 0.2) is 0 Å². The van der Waals surface area contributed by atoms with E-state index in [1.807, 2.05) is 24.3 Å². The molecule has 0 spiro atoms. The van der Waals surface area contributed by atoms with E-state index in [2.05, 4.69) is 31.5 Å². The average molecular weight is 452 g/mol. The summed E-state index contributed by atoms with van der Waals surface area (Å²) >= 11 is 3.18. The first-order valence-corrected chi connectivity index (χ1v) is 9.91. The van der Waals surface area contributed by atoms with Crippen molar-refractivity contribution in [2.45, 2.75) is 6.54 Å². The molecule has 2 amide bonds. The summed E-state index contributed by atoms with van der Waals surface area (Å²) in [6.07, 6.45) is 0. The number of morpholine rings is 1. The number of benzene rings is 2. The maximum atomic E-state index is 13.8. The Morgan fingerprint density at radius 2 is 2.04 bits per heavy atom. The minimum absolute atomic E-state index is 0.126. The van der Waals surface area contributed by atoms with Crippen molar-refractivity contribution in [2.24, 2.45) is 0 Å². The van der Waals surface area contributed by atoms with Gasteiger partial charge in [-0.25, -0.2) is 9.18 Å². The molecule has 0 unspecified atom stereocenters. The summed E-state index contributed by atoms with van der Waals surface area (Å²) in [4.78, 5) is 14.3. The van der Waals surface area contributed by atoms with Crippen molar-refractivity contribution in [3.05, 3.63) is 58.3 Å². The van der Waals surface area contributed by atoms with Gasteiger partial charge in [-0.15, -0.1) is 0 Å². The summed E-state index contributed by atoms with van der Waals surface area (Å²) < 4.78 is 25.5. The van der Waals surface area contributed by atoms with Crippen LogP contribution in [-0.2, 0) is 11.3 Å². The minimum Gasteiger partial charge on any atom is -0.492 e. The van der Waals surface area contributed by atoms with Gasteiger partial charge in [0.25, 0.3) is 0 Å². The van der Waals surface area contributed by atoms with E-state index in [9.17, 15) is 9.18 Å². The van der Waals surface area contributed by atoms with Crippen LogP contribution in [0.4, 0.5) is 14.9 Å². The maximum Gasteiger partial charge on any atom is 0.319 e. The van der Waals surface area contributed by atoms with Gasteiger partial charge >= 0.3 is 6.03 Å². The fraction of sp³-hybridized carbons (Fsp3) is 0.350. The van der Waals surface area contributed by atoms with Crippen LogP contribution >= 0.6 is 15.9 Å². The molecule has 1 saturated heterocycles. The molecule has 0 atom stereocenters. The van der Waals surface area contributed by atoms with Gasteiger partial charge in [-0.1, -0.05) is 28.1 Å². The number of carbonyl (C=O) groups is 1. The number of rotatable bonds is 7. The molecule has 1 aliphatic heterocycles. The van der Waals surface area contributed by atoms with E-state index in [0.29, 0.717) is 17.6 Å². The highest BCUT2D eigenvalue weighted by Gasteiger charge is 2.10. The highest BCUT2D eigenvalue weighted by molar-refractivity contribution is 9.10. The first kappa shape index (κ1) is 20.6. The third-order valence-corrected chi connectivity index (χ3v) is 4.80. The summed E-state index contributed by atoms with van der Waals surface area (Å²) in [6, 6.07) is 11.5. The monoisotopic (exact) mass is 451 g/mol. The molecule has 8 heteroatoms. The van der Waals surface area contributed by atoms with E-state index in [0.717, 1.165) is 44.2 Å². The highest BCUT2D eigenvalue weighted by atomic mass is 79.9. The van der Waals surface area contributed by atoms with Gasteiger partial charge in [-0.3, -0.25) is 4.90 Å².